The van der Waals surface area contributed by atoms with Crippen LogP contribution in [0, 0.1) is 17.7 Å². The van der Waals surface area contributed by atoms with Crippen molar-refractivity contribution in [3.8, 4) is 11.3 Å². The van der Waals surface area contributed by atoms with E-state index in [9.17, 15) is 4.39 Å². The van der Waals surface area contributed by atoms with Gasteiger partial charge in [0.25, 0.3) is 0 Å². The molecule has 0 bridgehead atoms. The van der Waals surface area contributed by atoms with Gasteiger partial charge in [0.1, 0.15) is 5.82 Å². The van der Waals surface area contributed by atoms with Gasteiger partial charge in [-0.25, -0.2) is 4.39 Å². The largest absolute Gasteiger partial charge is 0.316 e. The highest BCUT2D eigenvalue weighted by Crippen LogP contribution is 2.44. The van der Waals surface area contributed by atoms with Crippen molar-refractivity contribution in [1.29, 1.82) is 0 Å². The van der Waals surface area contributed by atoms with Gasteiger partial charge in [0.15, 0.2) is 0 Å². The number of aryl methyl sites for hydroxylation is 1. The first-order valence-corrected chi connectivity index (χ1v) is 13.2. The van der Waals surface area contributed by atoms with E-state index in [1.807, 2.05) is 18.8 Å². The minimum absolute atomic E-state index is 0.202. The smallest absolute Gasteiger partial charge is 0.123 e. The molecular weight excluding hydrogens is 402 g/mol. The number of piperidine rings is 1. The molecule has 0 radical (unpaired) electrons. The molecule has 1 aliphatic heterocycles. The minimum atomic E-state index is -0.202. The molecule has 0 amide bonds. The van der Waals surface area contributed by atoms with Crippen LogP contribution in [0.1, 0.15) is 71.1 Å². The highest BCUT2D eigenvalue weighted by atomic mass is 31.0. The zero-order valence-electron chi connectivity index (χ0n) is 20.2. The standard InChI is InChI=1S/C18H20FN.C5H9N.C3H8.CH5P/c1-3-16-11-14(18(2)9-4-10-18)12-17(20-16)13-5-7-15(19)8-6-13;1-4-2-6-3-5(1)4;1-3-2;1-2/h5-8,11-12H,3-4,9-10H2,1-2H3;4-6H,1-3H2;3H2,1-2H3;2H2,1H3. The van der Waals surface area contributed by atoms with E-state index in [4.69, 9.17) is 4.98 Å². The van der Waals surface area contributed by atoms with Gasteiger partial charge in [-0.05, 0) is 98.0 Å². The Balaban J connectivity index is 0.000000254. The van der Waals surface area contributed by atoms with Crippen molar-refractivity contribution < 1.29 is 4.39 Å². The lowest BCUT2D eigenvalue weighted by Crippen LogP contribution is -2.30. The number of rotatable bonds is 3. The zero-order chi connectivity index (χ0) is 22.9. The molecule has 2 heterocycles. The predicted molar refractivity (Wildman–Crippen MR) is 136 cm³/mol. The Hall–Kier alpha value is -1.31. The molecule has 1 aromatic heterocycles. The second-order valence-electron chi connectivity index (χ2n) is 9.13. The third-order valence-electron chi connectivity index (χ3n) is 6.42. The molecule has 31 heavy (non-hydrogen) atoms. The SMILES string of the molecule is C1NCC2CC12.CCC.CCc1cc(C2(C)CCC2)cc(-c2ccc(F)cc2)n1.CP. The Morgan fingerprint density at radius 3 is 2.00 bits per heavy atom. The van der Waals surface area contributed by atoms with E-state index in [1.165, 1.54) is 62.9 Å². The summed E-state index contributed by atoms with van der Waals surface area (Å²) in [6.07, 6.45) is 7.52. The number of benzene rings is 1. The lowest BCUT2D eigenvalue weighted by Gasteiger charge is -2.39. The summed E-state index contributed by atoms with van der Waals surface area (Å²) in [6, 6.07) is 11.0. The number of fused-ring (bicyclic) bond motifs is 1. The number of hydrogen-bond donors (Lipinski definition) is 1. The summed E-state index contributed by atoms with van der Waals surface area (Å²) in [6.45, 7) is 13.2. The van der Waals surface area contributed by atoms with Gasteiger partial charge in [-0.15, -0.1) is 9.24 Å². The molecule has 1 saturated heterocycles. The quantitative estimate of drug-likeness (QED) is 0.514. The van der Waals surface area contributed by atoms with Crippen LogP contribution in [0.5, 0.6) is 0 Å². The molecule has 3 fully saturated rings. The van der Waals surface area contributed by atoms with Crippen LogP contribution in [0.25, 0.3) is 11.3 Å². The van der Waals surface area contributed by atoms with Crippen molar-refractivity contribution in [3.05, 3.63) is 53.5 Å². The second kappa shape index (κ2) is 12.7. The van der Waals surface area contributed by atoms with Crippen LogP contribution in [-0.4, -0.2) is 24.7 Å². The summed E-state index contributed by atoms with van der Waals surface area (Å²) in [4.78, 5) is 4.70. The number of nitrogens with zero attached hydrogens (tertiary/aromatic N) is 1. The van der Waals surface area contributed by atoms with Crippen LogP contribution >= 0.6 is 9.24 Å². The molecule has 3 aliphatic rings. The maximum atomic E-state index is 13.1. The Morgan fingerprint density at radius 1 is 1.03 bits per heavy atom. The fourth-order valence-electron chi connectivity index (χ4n) is 4.15. The van der Waals surface area contributed by atoms with E-state index in [-0.39, 0.29) is 5.82 Å². The highest BCUT2D eigenvalue weighted by molar-refractivity contribution is 7.15. The van der Waals surface area contributed by atoms with Gasteiger partial charge in [-0.3, -0.25) is 4.98 Å². The monoisotopic (exact) mass is 444 g/mol. The van der Waals surface area contributed by atoms with Crippen molar-refractivity contribution in [2.45, 2.75) is 71.6 Å². The van der Waals surface area contributed by atoms with Gasteiger partial charge in [0.2, 0.25) is 0 Å². The summed E-state index contributed by atoms with van der Waals surface area (Å²) in [5.41, 5.74) is 4.77. The maximum absolute atomic E-state index is 13.1. The van der Waals surface area contributed by atoms with Crippen LogP contribution in [-0.2, 0) is 11.8 Å². The molecule has 5 rings (SSSR count). The maximum Gasteiger partial charge on any atom is 0.123 e. The van der Waals surface area contributed by atoms with Gasteiger partial charge in [-0.2, -0.15) is 0 Å². The average Bonchev–Trinajstić information content (AvgIpc) is 3.38. The topological polar surface area (TPSA) is 24.9 Å². The molecule has 3 unspecified atom stereocenters. The first-order chi connectivity index (χ1) is 15.0. The third-order valence-corrected chi connectivity index (χ3v) is 6.42. The van der Waals surface area contributed by atoms with E-state index in [1.54, 1.807) is 0 Å². The van der Waals surface area contributed by atoms with Crippen LogP contribution in [0.15, 0.2) is 36.4 Å². The Morgan fingerprint density at radius 2 is 1.61 bits per heavy atom. The lowest BCUT2D eigenvalue weighted by atomic mass is 9.66. The molecule has 172 valence electrons. The minimum Gasteiger partial charge on any atom is -0.316 e. The van der Waals surface area contributed by atoms with Gasteiger partial charge in [-0.1, -0.05) is 47.2 Å². The van der Waals surface area contributed by atoms with Crippen molar-refractivity contribution in [1.82, 2.24) is 10.3 Å². The van der Waals surface area contributed by atoms with Gasteiger partial charge in [0, 0.05) is 11.3 Å². The summed E-state index contributed by atoms with van der Waals surface area (Å²) >= 11 is 0. The summed E-state index contributed by atoms with van der Waals surface area (Å²) in [5, 5.41) is 3.32. The Labute approximate surface area is 192 Å². The fourth-order valence-corrected chi connectivity index (χ4v) is 4.15. The zero-order valence-corrected chi connectivity index (χ0v) is 21.3. The molecule has 4 heteroatoms. The van der Waals surface area contributed by atoms with Crippen LogP contribution in [0.2, 0.25) is 0 Å². The number of nitrogens with one attached hydrogen (secondary N) is 1. The number of aromatic nitrogens is 1. The fraction of sp³-hybridized carbons (Fsp3) is 0.593. The Kier molecular flexibility index (Phi) is 10.6. The highest BCUT2D eigenvalue weighted by Gasteiger charge is 2.40. The van der Waals surface area contributed by atoms with E-state index < -0.39 is 0 Å². The summed E-state index contributed by atoms with van der Waals surface area (Å²) in [7, 11) is 2.42. The number of hydrogen-bond acceptors (Lipinski definition) is 2. The van der Waals surface area contributed by atoms with Crippen molar-refractivity contribution in [3.63, 3.8) is 0 Å². The van der Waals surface area contributed by atoms with Crippen LogP contribution in [0.4, 0.5) is 4.39 Å². The van der Waals surface area contributed by atoms with Gasteiger partial charge in [0.05, 0.1) is 5.69 Å². The van der Waals surface area contributed by atoms with Gasteiger partial charge < -0.3 is 5.32 Å². The number of halogens is 1. The van der Waals surface area contributed by atoms with Gasteiger partial charge >= 0.3 is 0 Å². The average molecular weight is 445 g/mol. The van der Waals surface area contributed by atoms with Crippen molar-refractivity contribution in [2.75, 3.05) is 19.8 Å². The van der Waals surface area contributed by atoms with E-state index in [0.29, 0.717) is 5.41 Å². The predicted octanol–water partition coefficient (Wildman–Crippen LogP) is 7.03. The van der Waals surface area contributed by atoms with Crippen molar-refractivity contribution >= 4 is 9.24 Å². The second-order valence-corrected chi connectivity index (χ2v) is 9.13. The normalized spacial score (nSPS) is 21.6. The molecule has 0 spiro atoms. The Bertz CT molecular complexity index is 778. The molecular formula is C27H42FN2P. The third kappa shape index (κ3) is 7.36. The summed E-state index contributed by atoms with van der Waals surface area (Å²) < 4.78 is 13.1. The first kappa shape index (κ1) is 25.9. The van der Waals surface area contributed by atoms with Crippen molar-refractivity contribution in [2.24, 2.45) is 11.8 Å². The molecule has 2 nitrogen and oxygen atoms in total. The molecule has 2 aromatic rings. The number of pyridine rings is 1. The van der Waals surface area contributed by atoms with E-state index in [0.717, 1.165) is 35.2 Å². The van der Waals surface area contributed by atoms with Crippen LogP contribution < -0.4 is 5.32 Å². The molecule has 1 aromatic carbocycles. The molecule has 1 N–H and O–H groups in total. The van der Waals surface area contributed by atoms with E-state index in [2.05, 4.69) is 54.4 Å². The first-order valence-electron chi connectivity index (χ1n) is 12.0. The van der Waals surface area contributed by atoms with E-state index >= 15 is 0 Å². The molecule has 2 saturated carbocycles. The molecule has 2 aliphatic carbocycles. The molecule has 3 atom stereocenters. The van der Waals surface area contributed by atoms with Crippen LogP contribution in [0.3, 0.4) is 0 Å². The lowest BCUT2D eigenvalue weighted by molar-refractivity contribution is 0.272. The summed E-state index contributed by atoms with van der Waals surface area (Å²) in [5.74, 6) is 2.00.